The average Bonchev–Trinajstić information content (AvgIpc) is 2.20. The second kappa shape index (κ2) is 5.32. The Morgan fingerprint density at radius 2 is 2.00 bits per heavy atom. The van der Waals surface area contributed by atoms with E-state index < -0.39 is 11.6 Å². The van der Waals surface area contributed by atoms with E-state index in [1.165, 1.54) is 11.8 Å². The first kappa shape index (κ1) is 11.5. The summed E-state index contributed by atoms with van der Waals surface area (Å²) in [5.41, 5.74) is 5.71. The predicted molar refractivity (Wildman–Crippen MR) is 55.5 cm³/mol. The lowest BCUT2D eigenvalue weighted by atomic mass is 10.1. The summed E-state index contributed by atoms with van der Waals surface area (Å²) in [5.74, 6) is -1.47. The average molecular weight is 217 g/mol. The van der Waals surface area contributed by atoms with E-state index >= 15 is 0 Å². The zero-order chi connectivity index (χ0) is 10.6. The molecule has 0 bridgehead atoms. The van der Waals surface area contributed by atoms with Crippen LogP contribution in [0.5, 0.6) is 0 Å². The summed E-state index contributed by atoms with van der Waals surface area (Å²) in [6.07, 6.45) is 2.89. The summed E-state index contributed by atoms with van der Waals surface area (Å²) >= 11 is 1.20. The zero-order valence-electron chi connectivity index (χ0n) is 8.02. The van der Waals surface area contributed by atoms with Crippen LogP contribution in [0.4, 0.5) is 8.78 Å². The molecule has 0 unspecified atom stereocenters. The fourth-order valence-electron chi connectivity index (χ4n) is 1.21. The maximum absolute atomic E-state index is 13.3. The Morgan fingerprint density at radius 1 is 1.29 bits per heavy atom. The molecule has 0 fully saturated rings. The lowest BCUT2D eigenvalue weighted by molar-refractivity contribution is 0.481. The van der Waals surface area contributed by atoms with Gasteiger partial charge >= 0.3 is 0 Å². The highest BCUT2D eigenvalue weighted by atomic mass is 32.2. The molecule has 1 aromatic rings. The highest BCUT2D eigenvalue weighted by Crippen LogP contribution is 2.24. The molecule has 1 aromatic carbocycles. The Labute approximate surface area is 86.7 Å². The van der Waals surface area contributed by atoms with Crippen molar-refractivity contribution in [3.05, 3.63) is 29.3 Å². The van der Waals surface area contributed by atoms with Gasteiger partial charge in [-0.2, -0.15) is 0 Å². The lowest BCUT2D eigenvalue weighted by Gasteiger charge is -2.05. The lowest BCUT2D eigenvalue weighted by Crippen LogP contribution is -2.03. The normalized spacial score (nSPS) is 10.6. The number of hydrogen-bond donors (Lipinski definition) is 1. The molecule has 1 rings (SSSR count). The molecule has 1 nitrogen and oxygen atoms in total. The summed E-state index contributed by atoms with van der Waals surface area (Å²) < 4.78 is 26.6. The highest BCUT2D eigenvalue weighted by Gasteiger charge is 2.11. The van der Waals surface area contributed by atoms with Crippen LogP contribution in [0.2, 0.25) is 0 Å². The van der Waals surface area contributed by atoms with Crippen LogP contribution in [-0.4, -0.2) is 12.8 Å². The van der Waals surface area contributed by atoms with E-state index in [0.717, 1.165) is 0 Å². The van der Waals surface area contributed by atoms with Crippen molar-refractivity contribution in [2.24, 2.45) is 5.73 Å². The van der Waals surface area contributed by atoms with Crippen LogP contribution < -0.4 is 5.73 Å². The fourth-order valence-corrected chi connectivity index (χ4v) is 1.69. The molecule has 0 heterocycles. The minimum atomic E-state index is -0.743. The molecule has 0 amide bonds. The molecule has 0 aliphatic rings. The number of benzene rings is 1. The van der Waals surface area contributed by atoms with E-state index in [1.54, 1.807) is 18.4 Å². The number of nitrogens with two attached hydrogens (primary N) is 1. The number of rotatable bonds is 4. The Hall–Kier alpha value is -0.610. The maximum atomic E-state index is 13.3. The third kappa shape index (κ3) is 2.45. The van der Waals surface area contributed by atoms with Gasteiger partial charge in [0, 0.05) is 4.90 Å². The molecule has 78 valence electrons. The SMILES string of the molecule is CSc1ccc(CCCN)c(F)c1F. The number of thioether (sulfide) groups is 1. The van der Waals surface area contributed by atoms with Gasteiger partial charge in [0.1, 0.15) is 0 Å². The zero-order valence-corrected chi connectivity index (χ0v) is 8.83. The minimum Gasteiger partial charge on any atom is -0.330 e. The van der Waals surface area contributed by atoms with Crippen LogP contribution in [0, 0.1) is 11.6 Å². The van der Waals surface area contributed by atoms with Crippen molar-refractivity contribution in [1.29, 1.82) is 0 Å². The van der Waals surface area contributed by atoms with Crippen molar-refractivity contribution < 1.29 is 8.78 Å². The minimum absolute atomic E-state index is 0.346. The van der Waals surface area contributed by atoms with E-state index in [9.17, 15) is 8.78 Å². The van der Waals surface area contributed by atoms with Crippen molar-refractivity contribution in [3.63, 3.8) is 0 Å². The number of hydrogen-bond acceptors (Lipinski definition) is 2. The number of aryl methyl sites for hydroxylation is 1. The van der Waals surface area contributed by atoms with Crippen LogP contribution in [0.15, 0.2) is 17.0 Å². The number of halogens is 2. The van der Waals surface area contributed by atoms with Crippen LogP contribution >= 0.6 is 11.8 Å². The molecule has 14 heavy (non-hydrogen) atoms. The quantitative estimate of drug-likeness (QED) is 0.784. The van der Waals surface area contributed by atoms with Crippen molar-refractivity contribution in [2.45, 2.75) is 17.7 Å². The first-order chi connectivity index (χ1) is 6.70. The Balaban J connectivity index is 2.92. The second-order valence-corrected chi connectivity index (χ2v) is 3.80. The van der Waals surface area contributed by atoms with E-state index in [1.807, 2.05) is 0 Å². The maximum Gasteiger partial charge on any atom is 0.172 e. The van der Waals surface area contributed by atoms with Gasteiger partial charge in [-0.15, -0.1) is 11.8 Å². The predicted octanol–water partition coefficient (Wildman–Crippen LogP) is 2.58. The molecule has 2 N–H and O–H groups in total. The van der Waals surface area contributed by atoms with E-state index in [-0.39, 0.29) is 0 Å². The highest BCUT2D eigenvalue weighted by molar-refractivity contribution is 7.98. The largest absolute Gasteiger partial charge is 0.330 e. The second-order valence-electron chi connectivity index (χ2n) is 2.95. The third-order valence-corrected chi connectivity index (χ3v) is 2.75. The Morgan fingerprint density at radius 3 is 2.57 bits per heavy atom. The molecule has 0 saturated carbocycles. The van der Waals surface area contributed by atoms with Gasteiger partial charge in [-0.05, 0) is 37.3 Å². The van der Waals surface area contributed by atoms with Gasteiger partial charge < -0.3 is 5.73 Å². The summed E-state index contributed by atoms with van der Waals surface area (Å²) in [4.78, 5) is 0.346. The summed E-state index contributed by atoms with van der Waals surface area (Å²) in [6, 6.07) is 3.23. The van der Waals surface area contributed by atoms with Crippen molar-refractivity contribution in [3.8, 4) is 0 Å². The third-order valence-electron chi connectivity index (χ3n) is 2.00. The van der Waals surface area contributed by atoms with Crippen LogP contribution in [0.1, 0.15) is 12.0 Å². The molecule has 4 heteroatoms. The van der Waals surface area contributed by atoms with E-state index in [0.29, 0.717) is 29.8 Å². The van der Waals surface area contributed by atoms with Crippen LogP contribution in [0.25, 0.3) is 0 Å². The molecule has 0 aliphatic heterocycles. The van der Waals surface area contributed by atoms with Crippen LogP contribution in [-0.2, 0) is 6.42 Å². The fraction of sp³-hybridized carbons (Fsp3) is 0.400. The molecule has 0 aliphatic carbocycles. The summed E-state index contributed by atoms with van der Waals surface area (Å²) in [5, 5.41) is 0. The molecule has 0 aromatic heterocycles. The van der Waals surface area contributed by atoms with Crippen molar-refractivity contribution in [1.82, 2.24) is 0 Å². The topological polar surface area (TPSA) is 26.0 Å². The van der Waals surface area contributed by atoms with E-state index in [4.69, 9.17) is 5.73 Å². The monoisotopic (exact) mass is 217 g/mol. The molecular weight excluding hydrogens is 204 g/mol. The molecule has 0 atom stereocenters. The van der Waals surface area contributed by atoms with Crippen molar-refractivity contribution >= 4 is 11.8 Å². The standard InChI is InChI=1S/C10H13F2NS/c1-14-8-5-4-7(3-2-6-13)9(11)10(8)12/h4-5H,2-3,6,13H2,1H3. The summed E-state index contributed by atoms with van der Waals surface area (Å²) in [7, 11) is 0. The van der Waals surface area contributed by atoms with Gasteiger partial charge in [-0.25, -0.2) is 8.78 Å². The summed E-state index contributed by atoms with van der Waals surface area (Å²) in [6.45, 7) is 0.491. The van der Waals surface area contributed by atoms with E-state index in [2.05, 4.69) is 0 Å². The molecule has 0 radical (unpaired) electrons. The Kier molecular flexibility index (Phi) is 4.35. The van der Waals surface area contributed by atoms with Gasteiger partial charge in [-0.3, -0.25) is 0 Å². The van der Waals surface area contributed by atoms with Gasteiger partial charge in [0.25, 0.3) is 0 Å². The van der Waals surface area contributed by atoms with Crippen LogP contribution in [0.3, 0.4) is 0 Å². The molecular formula is C10H13F2NS. The molecule has 0 spiro atoms. The first-order valence-corrected chi connectivity index (χ1v) is 5.64. The van der Waals surface area contributed by atoms with Gasteiger partial charge in [0.15, 0.2) is 11.6 Å². The van der Waals surface area contributed by atoms with Gasteiger partial charge in [-0.1, -0.05) is 6.07 Å². The van der Waals surface area contributed by atoms with Gasteiger partial charge in [0.05, 0.1) is 0 Å². The first-order valence-electron chi connectivity index (χ1n) is 4.41. The van der Waals surface area contributed by atoms with Gasteiger partial charge in [0.2, 0.25) is 0 Å². The molecule has 0 saturated heterocycles. The van der Waals surface area contributed by atoms with Crippen molar-refractivity contribution in [2.75, 3.05) is 12.8 Å². The Bertz CT molecular complexity index is 315. The smallest absolute Gasteiger partial charge is 0.172 e.